The average molecular weight is 410 g/mol. The molecule has 0 aliphatic heterocycles. The average Bonchev–Trinajstić information content (AvgIpc) is 3.35. The van der Waals surface area contributed by atoms with Crippen molar-refractivity contribution in [3.05, 3.63) is 95.3 Å². The van der Waals surface area contributed by atoms with Gasteiger partial charge in [-0.15, -0.1) is 5.10 Å². The van der Waals surface area contributed by atoms with Gasteiger partial charge >= 0.3 is 0 Å². The molecule has 31 heavy (non-hydrogen) atoms. The first kappa shape index (κ1) is 19.0. The van der Waals surface area contributed by atoms with Crippen LogP contribution in [-0.4, -0.2) is 24.6 Å². The lowest BCUT2D eigenvalue weighted by Crippen LogP contribution is -2.04. The first-order valence-corrected chi connectivity index (χ1v) is 10.2. The lowest BCUT2D eigenvalue weighted by molar-refractivity contribution is 0.617. The molecule has 0 aliphatic carbocycles. The van der Waals surface area contributed by atoms with Crippen molar-refractivity contribution in [2.75, 3.05) is 5.32 Å². The third kappa shape index (κ3) is 4.16. The second-order valence-electron chi connectivity index (χ2n) is 7.54. The third-order valence-electron chi connectivity index (χ3n) is 5.09. The Labute approximate surface area is 179 Å². The van der Waals surface area contributed by atoms with Gasteiger partial charge in [-0.25, -0.2) is 15.0 Å². The molecule has 7 nitrogen and oxygen atoms in total. The molecule has 0 bridgehead atoms. The van der Waals surface area contributed by atoms with Gasteiger partial charge in [-0.3, -0.25) is 0 Å². The van der Waals surface area contributed by atoms with Crippen LogP contribution in [0.2, 0.25) is 0 Å². The summed E-state index contributed by atoms with van der Waals surface area (Å²) < 4.78 is 7.48. The van der Waals surface area contributed by atoms with Gasteiger partial charge in [0.25, 0.3) is 0 Å². The number of nitrogens with one attached hydrogen (secondary N) is 1. The summed E-state index contributed by atoms with van der Waals surface area (Å²) in [4.78, 5) is 13.3. The molecule has 5 rings (SSSR count). The van der Waals surface area contributed by atoms with E-state index < -0.39 is 0 Å². The number of hydrogen-bond acceptors (Lipinski definition) is 6. The molecule has 0 saturated carbocycles. The molecule has 0 saturated heterocycles. The van der Waals surface area contributed by atoms with Crippen molar-refractivity contribution in [1.82, 2.24) is 24.6 Å². The molecule has 0 radical (unpaired) electrons. The van der Waals surface area contributed by atoms with Gasteiger partial charge in [0.05, 0.1) is 6.20 Å². The minimum atomic E-state index is 0.575. The second-order valence-corrected chi connectivity index (χ2v) is 7.54. The fourth-order valence-electron chi connectivity index (χ4n) is 3.48. The van der Waals surface area contributed by atoms with Gasteiger partial charge in [0, 0.05) is 24.7 Å². The fraction of sp³-hybridized carbons (Fsp3) is 0.167. The van der Waals surface area contributed by atoms with E-state index in [0.29, 0.717) is 18.0 Å². The number of aromatic nitrogens is 5. The van der Waals surface area contributed by atoms with Gasteiger partial charge < -0.3 is 9.73 Å². The zero-order valence-corrected chi connectivity index (χ0v) is 17.4. The van der Waals surface area contributed by atoms with Crippen LogP contribution in [0.5, 0.6) is 0 Å². The van der Waals surface area contributed by atoms with Gasteiger partial charge in [0.2, 0.25) is 11.6 Å². The summed E-state index contributed by atoms with van der Waals surface area (Å²) in [6.45, 7) is 4.72. The first-order valence-electron chi connectivity index (χ1n) is 10.2. The number of imidazole rings is 1. The van der Waals surface area contributed by atoms with Gasteiger partial charge in [0.15, 0.2) is 0 Å². The summed E-state index contributed by atoms with van der Waals surface area (Å²) in [5, 5.41) is 7.85. The molecule has 7 heteroatoms. The molecule has 2 aromatic carbocycles. The number of aryl methyl sites for hydroxylation is 2. The van der Waals surface area contributed by atoms with Crippen LogP contribution >= 0.6 is 0 Å². The maximum Gasteiger partial charge on any atom is 0.246 e. The monoisotopic (exact) mass is 410 g/mol. The van der Waals surface area contributed by atoms with Crippen molar-refractivity contribution in [2.24, 2.45) is 0 Å². The van der Waals surface area contributed by atoms with Crippen LogP contribution < -0.4 is 5.32 Å². The molecule has 5 aromatic rings. The molecule has 0 spiro atoms. The van der Waals surface area contributed by atoms with Crippen LogP contribution in [-0.2, 0) is 13.0 Å². The molecule has 0 fully saturated rings. The summed E-state index contributed by atoms with van der Waals surface area (Å²) in [6, 6.07) is 18.4. The topological polar surface area (TPSA) is 81.1 Å². The van der Waals surface area contributed by atoms with E-state index in [1.54, 1.807) is 16.9 Å². The van der Waals surface area contributed by atoms with Crippen LogP contribution in [0, 0.1) is 13.8 Å². The van der Waals surface area contributed by atoms with Crippen molar-refractivity contribution in [1.29, 1.82) is 0 Å². The van der Waals surface area contributed by atoms with Crippen LogP contribution in [0.1, 0.15) is 28.3 Å². The molecule has 0 unspecified atom stereocenters. The Hall–Kier alpha value is -4.00. The van der Waals surface area contributed by atoms with E-state index in [0.717, 1.165) is 35.1 Å². The molecule has 3 heterocycles. The normalized spacial score (nSPS) is 11.2. The van der Waals surface area contributed by atoms with Crippen molar-refractivity contribution >= 4 is 11.5 Å². The number of nitrogens with zero attached hydrogens (tertiary/aromatic N) is 5. The maximum absolute atomic E-state index is 5.78. The highest BCUT2D eigenvalue weighted by Gasteiger charge is 2.11. The summed E-state index contributed by atoms with van der Waals surface area (Å²) in [6.07, 6.45) is 4.12. The van der Waals surface area contributed by atoms with Crippen molar-refractivity contribution in [2.45, 2.75) is 26.8 Å². The smallest absolute Gasteiger partial charge is 0.246 e. The SMILES string of the molecule is Cc1cccc(CNc2ccnc(Cc3ccc(-c4nn5c(C)ncc5o4)cc3)n2)c1. The Morgan fingerprint density at radius 2 is 1.84 bits per heavy atom. The minimum absolute atomic E-state index is 0.575. The zero-order chi connectivity index (χ0) is 21.2. The van der Waals surface area contributed by atoms with E-state index in [-0.39, 0.29) is 0 Å². The molecule has 1 N–H and O–H groups in total. The highest BCUT2D eigenvalue weighted by atomic mass is 16.4. The molecule has 3 aromatic heterocycles. The molecular formula is C24H22N6O. The lowest BCUT2D eigenvalue weighted by atomic mass is 10.1. The second kappa shape index (κ2) is 8.02. The van der Waals surface area contributed by atoms with Crippen LogP contribution in [0.4, 0.5) is 5.82 Å². The largest absolute Gasteiger partial charge is 0.417 e. The number of rotatable bonds is 6. The molecular weight excluding hydrogens is 388 g/mol. The van der Waals surface area contributed by atoms with Crippen LogP contribution in [0.15, 0.2) is 71.4 Å². The molecule has 0 amide bonds. The van der Waals surface area contributed by atoms with Gasteiger partial charge in [-0.1, -0.05) is 42.0 Å². The van der Waals surface area contributed by atoms with Gasteiger partial charge in [0.1, 0.15) is 17.5 Å². The van der Waals surface area contributed by atoms with Crippen molar-refractivity contribution < 1.29 is 4.42 Å². The number of anilines is 1. The summed E-state index contributed by atoms with van der Waals surface area (Å²) >= 11 is 0. The molecule has 154 valence electrons. The zero-order valence-electron chi connectivity index (χ0n) is 17.4. The van der Waals surface area contributed by atoms with Crippen molar-refractivity contribution in [3.8, 4) is 11.5 Å². The predicted molar refractivity (Wildman–Crippen MR) is 119 cm³/mol. The Morgan fingerprint density at radius 1 is 0.968 bits per heavy atom. The summed E-state index contributed by atoms with van der Waals surface area (Å²) in [7, 11) is 0. The quantitative estimate of drug-likeness (QED) is 0.441. The Morgan fingerprint density at radius 3 is 2.65 bits per heavy atom. The van der Waals surface area contributed by atoms with E-state index in [1.165, 1.54) is 11.1 Å². The van der Waals surface area contributed by atoms with E-state index >= 15 is 0 Å². The Bertz CT molecular complexity index is 1340. The number of hydrogen-bond donors (Lipinski definition) is 1. The van der Waals surface area contributed by atoms with Gasteiger partial charge in [-0.05, 0) is 43.2 Å². The Kier molecular flexibility index (Phi) is 4.92. The minimum Gasteiger partial charge on any atom is -0.417 e. The van der Waals surface area contributed by atoms with E-state index in [1.807, 2.05) is 25.1 Å². The predicted octanol–water partition coefficient (Wildman–Crippen LogP) is 4.60. The lowest BCUT2D eigenvalue weighted by Gasteiger charge is -2.08. The standard InChI is InChI=1S/C24H22N6O/c1-16-4-3-5-19(12-16)14-27-21-10-11-25-22(28-21)13-18-6-8-20(9-7-18)24-29-30-17(2)26-15-23(30)31-24/h3-12,15H,13-14H2,1-2H3,(H,25,27,28). The Balaban J connectivity index is 1.27. The highest BCUT2D eigenvalue weighted by molar-refractivity contribution is 5.55. The summed E-state index contributed by atoms with van der Waals surface area (Å²) in [5.41, 5.74) is 5.16. The van der Waals surface area contributed by atoms with E-state index in [9.17, 15) is 0 Å². The van der Waals surface area contributed by atoms with Gasteiger partial charge in [-0.2, -0.15) is 4.52 Å². The van der Waals surface area contributed by atoms with E-state index in [2.05, 4.69) is 68.7 Å². The number of benzene rings is 2. The number of fused-ring (bicyclic) bond motifs is 1. The molecule has 0 aliphatic rings. The first-order chi connectivity index (χ1) is 15.1. The maximum atomic E-state index is 5.78. The highest BCUT2D eigenvalue weighted by Crippen LogP contribution is 2.21. The van der Waals surface area contributed by atoms with Crippen LogP contribution in [0.25, 0.3) is 17.2 Å². The van der Waals surface area contributed by atoms with Crippen molar-refractivity contribution in [3.63, 3.8) is 0 Å². The molecule has 0 atom stereocenters. The summed E-state index contributed by atoms with van der Waals surface area (Å²) in [5.74, 6) is 2.97. The van der Waals surface area contributed by atoms with Crippen LogP contribution in [0.3, 0.4) is 0 Å². The third-order valence-corrected chi connectivity index (χ3v) is 5.09. The fourth-order valence-corrected chi connectivity index (χ4v) is 3.48. The van der Waals surface area contributed by atoms with E-state index in [4.69, 9.17) is 4.42 Å².